The zero-order valence-corrected chi connectivity index (χ0v) is 11.5. The second-order valence-corrected chi connectivity index (χ2v) is 4.81. The summed E-state index contributed by atoms with van der Waals surface area (Å²) >= 11 is 0. The second-order valence-electron chi connectivity index (χ2n) is 4.81. The molecule has 0 bridgehead atoms. The van der Waals surface area contributed by atoms with Gasteiger partial charge in [0.2, 0.25) is 0 Å². The molecule has 6 heteroatoms. The van der Waals surface area contributed by atoms with Crippen molar-refractivity contribution >= 4 is 17.1 Å². The van der Waals surface area contributed by atoms with Crippen LogP contribution in [-0.2, 0) is 0 Å². The van der Waals surface area contributed by atoms with Crippen LogP contribution in [0.1, 0.15) is 17.3 Å². The zero-order valence-electron chi connectivity index (χ0n) is 11.5. The molecule has 1 fully saturated rings. The Bertz CT molecular complexity index is 616. The zero-order chi connectivity index (χ0) is 13.9. The lowest BCUT2D eigenvalue weighted by molar-refractivity contribution is 0.0645. The highest BCUT2D eigenvalue weighted by Gasteiger charge is 2.23. The molecule has 0 aromatic carbocycles. The Hall–Kier alpha value is -2.08. The first-order chi connectivity index (χ1) is 9.79. The van der Waals surface area contributed by atoms with Gasteiger partial charge in [-0.25, -0.2) is 9.97 Å². The van der Waals surface area contributed by atoms with Crippen LogP contribution in [0.15, 0.2) is 24.7 Å². The molecule has 104 valence electrons. The first kappa shape index (κ1) is 12.9. The Morgan fingerprint density at radius 3 is 2.55 bits per heavy atom. The topological polar surface area (TPSA) is 62.2 Å². The first-order valence-electron chi connectivity index (χ1n) is 6.87. The third kappa shape index (κ3) is 2.34. The van der Waals surface area contributed by atoms with E-state index in [0.717, 1.165) is 32.7 Å². The van der Waals surface area contributed by atoms with Gasteiger partial charge in [-0.05, 0) is 12.6 Å². The minimum atomic E-state index is 0.0219. The standard InChI is InChI=1S/C14H17N5O/c1-2-18-7-9-19(10-8-18)14(20)11-3-4-16-13-12(11)15-5-6-17-13/h3-6H,2,7-10H2,1H3. The number of hydrogen-bond donors (Lipinski definition) is 0. The van der Waals surface area contributed by atoms with E-state index >= 15 is 0 Å². The third-order valence-corrected chi connectivity index (χ3v) is 3.71. The molecule has 0 N–H and O–H groups in total. The van der Waals surface area contributed by atoms with Gasteiger partial charge in [-0.3, -0.25) is 9.78 Å². The molecule has 0 spiro atoms. The summed E-state index contributed by atoms with van der Waals surface area (Å²) < 4.78 is 0. The lowest BCUT2D eigenvalue weighted by atomic mass is 10.2. The molecule has 1 amide bonds. The summed E-state index contributed by atoms with van der Waals surface area (Å²) in [6, 6.07) is 1.73. The van der Waals surface area contributed by atoms with Crippen molar-refractivity contribution in [1.29, 1.82) is 0 Å². The van der Waals surface area contributed by atoms with Crippen molar-refractivity contribution in [2.75, 3.05) is 32.7 Å². The lowest BCUT2D eigenvalue weighted by Gasteiger charge is -2.34. The molecular formula is C14H17N5O. The average Bonchev–Trinajstić information content (AvgIpc) is 2.54. The van der Waals surface area contributed by atoms with Crippen LogP contribution in [0.3, 0.4) is 0 Å². The molecule has 0 saturated carbocycles. The van der Waals surface area contributed by atoms with E-state index in [1.54, 1.807) is 24.7 Å². The molecule has 1 aliphatic heterocycles. The maximum Gasteiger partial charge on any atom is 0.256 e. The number of pyridine rings is 1. The summed E-state index contributed by atoms with van der Waals surface area (Å²) in [6.07, 6.45) is 4.80. The maximum absolute atomic E-state index is 12.6. The fraction of sp³-hybridized carbons (Fsp3) is 0.429. The largest absolute Gasteiger partial charge is 0.336 e. The van der Waals surface area contributed by atoms with Crippen LogP contribution in [0.25, 0.3) is 11.2 Å². The Morgan fingerprint density at radius 1 is 1.10 bits per heavy atom. The first-order valence-corrected chi connectivity index (χ1v) is 6.87. The molecule has 1 aliphatic rings. The molecule has 2 aromatic rings. The number of hydrogen-bond acceptors (Lipinski definition) is 5. The molecule has 6 nitrogen and oxygen atoms in total. The molecule has 1 saturated heterocycles. The number of amides is 1. The van der Waals surface area contributed by atoms with Gasteiger partial charge in [-0.1, -0.05) is 6.92 Å². The average molecular weight is 271 g/mol. The molecule has 3 rings (SSSR count). The van der Waals surface area contributed by atoms with Crippen LogP contribution in [0.5, 0.6) is 0 Å². The number of piperazine rings is 1. The number of carbonyl (C=O) groups is 1. The summed E-state index contributed by atoms with van der Waals surface area (Å²) in [5, 5.41) is 0. The molecule has 0 radical (unpaired) electrons. The summed E-state index contributed by atoms with van der Waals surface area (Å²) in [5.74, 6) is 0.0219. The number of nitrogens with zero attached hydrogens (tertiary/aromatic N) is 5. The van der Waals surface area contributed by atoms with Crippen molar-refractivity contribution in [2.45, 2.75) is 6.92 Å². The molecule has 2 aromatic heterocycles. The van der Waals surface area contributed by atoms with Crippen LogP contribution in [-0.4, -0.2) is 63.4 Å². The minimum absolute atomic E-state index is 0.0219. The molecule has 3 heterocycles. The van der Waals surface area contributed by atoms with Gasteiger partial charge >= 0.3 is 0 Å². The highest BCUT2D eigenvalue weighted by molar-refractivity contribution is 6.03. The minimum Gasteiger partial charge on any atom is -0.336 e. The second kappa shape index (κ2) is 5.50. The Labute approximate surface area is 117 Å². The van der Waals surface area contributed by atoms with E-state index in [2.05, 4.69) is 26.8 Å². The van der Waals surface area contributed by atoms with E-state index in [1.807, 2.05) is 4.90 Å². The number of likely N-dealkylation sites (N-methyl/N-ethyl adjacent to an activating group) is 1. The van der Waals surface area contributed by atoms with Crippen molar-refractivity contribution in [3.05, 3.63) is 30.2 Å². The quantitative estimate of drug-likeness (QED) is 0.808. The molecule has 0 aliphatic carbocycles. The van der Waals surface area contributed by atoms with Crippen molar-refractivity contribution in [3.63, 3.8) is 0 Å². The summed E-state index contributed by atoms with van der Waals surface area (Å²) in [6.45, 7) is 6.55. The van der Waals surface area contributed by atoms with Gasteiger partial charge in [-0.15, -0.1) is 0 Å². The van der Waals surface area contributed by atoms with Gasteiger partial charge < -0.3 is 9.80 Å². The number of aromatic nitrogens is 3. The van der Waals surface area contributed by atoms with Crippen LogP contribution in [0.4, 0.5) is 0 Å². The van der Waals surface area contributed by atoms with Crippen molar-refractivity contribution in [1.82, 2.24) is 24.8 Å². The number of rotatable bonds is 2. The lowest BCUT2D eigenvalue weighted by Crippen LogP contribution is -2.48. The van der Waals surface area contributed by atoms with E-state index < -0.39 is 0 Å². The van der Waals surface area contributed by atoms with Crippen LogP contribution in [0.2, 0.25) is 0 Å². The van der Waals surface area contributed by atoms with E-state index in [4.69, 9.17) is 0 Å². The predicted octanol–water partition coefficient (Wildman–Crippen LogP) is 0.802. The normalized spacial score (nSPS) is 16.6. The van der Waals surface area contributed by atoms with Crippen LogP contribution < -0.4 is 0 Å². The van der Waals surface area contributed by atoms with Crippen molar-refractivity contribution in [3.8, 4) is 0 Å². The molecular weight excluding hydrogens is 254 g/mol. The Morgan fingerprint density at radius 2 is 1.80 bits per heavy atom. The van der Waals surface area contributed by atoms with Gasteiger partial charge in [0.05, 0.1) is 5.56 Å². The third-order valence-electron chi connectivity index (χ3n) is 3.71. The van der Waals surface area contributed by atoms with Gasteiger partial charge in [0, 0.05) is 44.8 Å². The van der Waals surface area contributed by atoms with Crippen LogP contribution >= 0.6 is 0 Å². The Kier molecular flexibility index (Phi) is 3.56. The molecule has 20 heavy (non-hydrogen) atoms. The number of fused-ring (bicyclic) bond motifs is 1. The smallest absolute Gasteiger partial charge is 0.256 e. The summed E-state index contributed by atoms with van der Waals surface area (Å²) in [7, 11) is 0. The predicted molar refractivity (Wildman–Crippen MR) is 75.4 cm³/mol. The van der Waals surface area contributed by atoms with Crippen molar-refractivity contribution < 1.29 is 4.79 Å². The van der Waals surface area contributed by atoms with E-state index in [-0.39, 0.29) is 5.91 Å². The Balaban J connectivity index is 1.86. The van der Waals surface area contributed by atoms with Gasteiger partial charge in [0.25, 0.3) is 5.91 Å². The summed E-state index contributed by atoms with van der Waals surface area (Å²) in [5.41, 5.74) is 1.69. The van der Waals surface area contributed by atoms with E-state index in [1.165, 1.54) is 0 Å². The summed E-state index contributed by atoms with van der Waals surface area (Å²) in [4.78, 5) is 29.4. The van der Waals surface area contributed by atoms with E-state index in [0.29, 0.717) is 16.7 Å². The highest BCUT2D eigenvalue weighted by atomic mass is 16.2. The highest BCUT2D eigenvalue weighted by Crippen LogP contribution is 2.15. The number of carbonyl (C=O) groups excluding carboxylic acids is 1. The van der Waals surface area contributed by atoms with Gasteiger partial charge in [-0.2, -0.15) is 0 Å². The SMILES string of the molecule is CCN1CCN(C(=O)c2ccnc3nccnc23)CC1. The monoisotopic (exact) mass is 271 g/mol. The van der Waals surface area contributed by atoms with Crippen molar-refractivity contribution in [2.24, 2.45) is 0 Å². The van der Waals surface area contributed by atoms with Crippen LogP contribution in [0, 0.1) is 0 Å². The maximum atomic E-state index is 12.6. The van der Waals surface area contributed by atoms with Gasteiger partial charge in [0.15, 0.2) is 5.65 Å². The molecule has 0 unspecified atom stereocenters. The molecule has 0 atom stereocenters. The van der Waals surface area contributed by atoms with E-state index in [9.17, 15) is 4.79 Å². The fourth-order valence-corrected chi connectivity index (χ4v) is 2.49. The fourth-order valence-electron chi connectivity index (χ4n) is 2.49. The van der Waals surface area contributed by atoms with Gasteiger partial charge in [0.1, 0.15) is 5.52 Å².